The first-order valence-corrected chi connectivity index (χ1v) is 7.89. The Morgan fingerprint density at radius 1 is 0.958 bits per heavy atom. The van der Waals surface area contributed by atoms with Crippen molar-refractivity contribution < 1.29 is 0 Å². The highest BCUT2D eigenvalue weighted by molar-refractivity contribution is 14.0. The SMILES string of the molecule is CN=C(NCCn1cccc1)NCc1cccc2ccccc12.I. The van der Waals surface area contributed by atoms with E-state index in [9.17, 15) is 0 Å². The van der Waals surface area contributed by atoms with Crippen LogP contribution in [0.4, 0.5) is 0 Å². The first kappa shape index (κ1) is 18.3. The van der Waals surface area contributed by atoms with Crippen molar-refractivity contribution in [3.8, 4) is 0 Å². The Kier molecular flexibility index (Phi) is 7.11. The second-order valence-electron chi connectivity index (χ2n) is 5.41. The van der Waals surface area contributed by atoms with Gasteiger partial charge in [-0.15, -0.1) is 24.0 Å². The molecule has 0 radical (unpaired) electrons. The zero-order valence-electron chi connectivity index (χ0n) is 13.8. The molecule has 0 unspecified atom stereocenters. The minimum atomic E-state index is 0. The van der Waals surface area contributed by atoms with E-state index < -0.39 is 0 Å². The van der Waals surface area contributed by atoms with Crippen LogP contribution in [-0.2, 0) is 13.1 Å². The van der Waals surface area contributed by atoms with Crippen LogP contribution < -0.4 is 10.6 Å². The molecule has 2 N–H and O–H groups in total. The molecule has 0 fully saturated rings. The lowest BCUT2D eigenvalue weighted by Gasteiger charge is -2.13. The molecule has 0 saturated carbocycles. The van der Waals surface area contributed by atoms with Crippen LogP contribution in [0.5, 0.6) is 0 Å². The molecule has 24 heavy (non-hydrogen) atoms. The number of fused-ring (bicyclic) bond motifs is 1. The van der Waals surface area contributed by atoms with Gasteiger partial charge in [0.15, 0.2) is 5.96 Å². The number of rotatable bonds is 5. The van der Waals surface area contributed by atoms with Gasteiger partial charge in [-0.3, -0.25) is 4.99 Å². The van der Waals surface area contributed by atoms with Gasteiger partial charge in [0.25, 0.3) is 0 Å². The van der Waals surface area contributed by atoms with Gasteiger partial charge in [0.05, 0.1) is 0 Å². The van der Waals surface area contributed by atoms with Gasteiger partial charge in [0.2, 0.25) is 0 Å². The van der Waals surface area contributed by atoms with Gasteiger partial charge in [-0.25, -0.2) is 0 Å². The molecule has 1 heterocycles. The summed E-state index contributed by atoms with van der Waals surface area (Å²) in [5.41, 5.74) is 1.27. The molecular weight excluding hydrogens is 411 g/mol. The van der Waals surface area contributed by atoms with Gasteiger partial charge >= 0.3 is 0 Å². The second kappa shape index (κ2) is 9.32. The minimum Gasteiger partial charge on any atom is -0.355 e. The number of halogens is 1. The average molecular weight is 434 g/mol. The van der Waals surface area contributed by atoms with E-state index >= 15 is 0 Å². The molecular formula is C19H23IN4. The van der Waals surface area contributed by atoms with Crippen LogP contribution in [0.15, 0.2) is 72.0 Å². The second-order valence-corrected chi connectivity index (χ2v) is 5.41. The highest BCUT2D eigenvalue weighted by Gasteiger charge is 2.02. The van der Waals surface area contributed by atoms with Gasteiger partial charge in [-0.05, 0) is 28.5 Å². The fourth-order valence-electron chi connectivity index (χ4n) is 2.67. The summed E-state index contributed by atoms with van der Waals surface area (Å²) in [4.78, 5) is 4.29. The molecule has 2 aromatic carbocycles. The van der Waals surface area contributed by atoms with Gasteiger partial charge in [0, 0.05) is 39.1 Å². The maximum Gasteiger partial charge on any atom is 0.191 e. The highest BCUT2D eigenvalue weighted by atomic mass is 127. The van der Waals surface area contributed by atoms with Crippen molar-refractivity contribution in [2.24, 2.45) is 4.99 Å². The Balaban J connectivity index is 0.00000208. The molecule has 126 valence electrons. The summed E-state index contributed by atoms with van der Waals surface area (Å²) in [6, 6.07) is 18.9. The van der Waals surface area contributed by atoms with E-state index in [1.165, 1.54) is 16.3 Å². The van der Waals surface area contributed by atoms with Crippen LogP contribution in [0.25, 0.3) is 10.8 Å². The lowest BCUT2D eigenvalue weighted by molar-refractivity contribution is 0.665. The Bertz CT molecular complexity index is 776. The third kappa shape index (κ3) is 4.74. The molecule has 4 nitrogen and oxygen atoms in total. The van der Waals surface area contributed by atoms with Crippen LogP contribution in [0.3, 0.4) is 0 Å². The van der Waals surface area contributed by atoms with E-state index in [4.69, 9.17) is 0 Å². The number of guanidine groups is 1. The summed E-state index contributed by atoms with van der Waals surface area (Å²) in [6.07, 6.45) is 4.13. The topological polar surface area (TPSA) is 41.4 Å². The van der Waals surface area contributed by atoms with Crippen LogP contribution >= 0.6 is 24.0 Å². The largest absolute Gasteiger partial charge is 0.355 e. The van der Waals surface area contributed by atoms with E-state index in [-0.39, 0.29) is 24.0 Å². The number of nitrogens with zero attached hydrogens (tertiary/aromatic N) is 2. The van der Waals surface area contributed by atoms with Crippen molar-refractivity contribution in [3.05, 3.63) is 72.6 Å². The maximum absolute atomic E-state index is 4.29. The molecule has 0 atom stereocenters. The zero-order valence-corrected chi connectivity index (χ0v) is 16.1. The van der Waals surface area contributed by atoms with Crippen LogP contribution in [-0.4, -0.2) is 24.1 Å². The van der Waals surface area contributed by atoms with Crippen molar-refractivity contribution >= 4 is 40.7 Å². The van der Waals surface area contributed by atoms with Gasteiger partial charge < -0.3 is 15.2 Å². The molecule has 0 bridgehead atoms. The lowest BCUT2D eigenvalue weighted by atomic mass is 10.0. The van der Waals surface area contributed by atoms with Crippen molar-refractivity contribution in [3.63, 3.8) is 0 Å². The number of nitrogens with one attached hydrogen (secondary N) is 2. The monoisotopic (exact) mass is 434 g/mol. The molecule has 3 aromatic rings. The lowest BCUT2D eigenvalue weighted by Crippen LogP contribution is -2.38. The van der Waals surface area contributed by atoms with Crippen LogP contribution in [0.2, 0.25) is 0 Å². The van der Waals surface area contributed by atoms with Crippen molar-refractivity contribution in [1.29, 1.82) is 0 Å². The summed E-state index contributed by atoms with van der Waals surface area (Å²) in [7, 11) is 1.80. The fourth-order valence-corrected chi connectivity index (χ4v) is 2.67. The Hall–Kier alpha value is -2.02. The average Bonchev–Trinajstić information content (AvgIpc) is 3.11. The van der Waals surface area contributed by atoms with E-state index in [1.54, 1.807) is 7.05 Å². The molecule has 1 aromatic heterocycles. The van der Waals surface area contributed by atoms with Crippen LogP contribution in [0.1, 0.15) is 5.56 Å². The number of hydrogen-bond donors (Lipinski definition) is 2. The Labute approximate surface area is 160 Å². The zero-order chi connectivity index (χ0) is 15.9. The summed E-state index contributed by atoms with van der Waals surface area (Å²) >= 11 is 0. The third-order valence-corrected chi connectivity index (χ3v) is 3.88. The molecule has 0 spiro atoms. The van der Waals surface area contributed by atoms with Gasteiger partial charge in [0.1, 0.15) is 0 Å². The van der Waals surface area contributed by atoms with Gasteiger partial charge in [-0.1, -0.05) is 42.5 Å². The minimum absolute atomic E-state index is 0. The number of benzene rings is 2. The Morgan fingerprint density at radius 2 is 1.71 bits per heavy atom. The van der Waals surface area contributed by atoms with E-state index in [0.717, 1.165) is 25.6 Å². The van der Waals surface area contributed by atoms with Crippen molar-refractivity contribution in [1.82, 2.24) is 15.2 Å². The molecule has 0 amide bonds. The predicted octanol–water partition coefficient (Wildman–Crippen LogP) is 3.62. The van der Waals surface area contributed by atoms with Gasteiger partial charge in [-0.2, -0.15) is 0 Å². The number of aromatic nitrogens is 1. The van der Waals surface area contributed by atoms with Crippen LogP contribution in [0, 0.1) is 0 Å². The highest BCUT2D eigenvalue weighted by Crippen LogP contribution is 2.18. The molecule has 0 aliphatic carbocycles. The van der Waals surface area contributed by atoms with E-state index in [1.807, 2.05) is 12.1 Å². The first-order valence-electron chi connectivity index (χ1n) is 7.89. The van der Waals surface area contributed by atoms with E-state index in [0.29, 0.717) is 0 Å². The van der Waals surface area contributed by atoms with Crippen molar-refractivity contribution in [2.75, 3.05) is 13.6 Å². The number of hydrogen-bond acceptors (Lipinski definition) is 1. The van der Waals surface area contributed by atoms with E-state index in [2.05, 4.69) is 75.1 Å². The standard InChI is InChI=1S/C19H22N4.HI/c1-20-19(21-11-14-23-12-4-5-13-23)22-15-17-9-6-8-16-7-2-3-10-18(16)17;/h2-10,12-13H,11,14-15H2,1H3,(H2,20,21,22);1H. The molecule has 0 saturated heterocycles. The fraction of sp³-hybridized carbons (Fsp3) is 0.211. The quantitative estimate of drug-likeness (QED) is 0.366. The summed E-state index contributed by atoms with van der Waals surface area (Å²) in [6.45, 7) is 2.51. The third-order valence-electron chi connectivity index (χ3n) is 3.88. The normalized spacial score (nSPS) is 11.1. The molecule has 5 heteroatoms. The Morgan fingerprint density at radius 3 is 2.50 bits per heavy atom. The first-order chi connectivity index (χ1) is 11.4. The van der Waals surface area contributed by atoms with Crippen molar-refractivity contribution in [2.45, 2.75) is 13.1 Å². The smallest absolute Gasteiger partial charge is 0.191 e. The maximum atomic E-state index is 4.29. The number of aliphatic imine (C=N–C) groups is 1. The summed E-state index contributed by atoms with van der Waals surface area (Å²) < 4.78 is 2.14. The summed E-state index contributed by atoms with van der Waals surface area (Å²) in [5.74, 6) is 0.824. The summed E-state index contributed by atoms with van der Waals surface area (Å²) in [5, 5.41) is 9.28. The molecule has 3 rings (SSSR count). The predicted molar refractivity (Wildman–Crippen MR) is 112 cm³/mol. The molecule has 0 aliphatic heterocycles. The molecule has 0 aliphatic rings.